The number of halogens is 1. The van der Waals surface area contributed by atoms with E-state index in [9.17, 15) is 9.90 Å². The van der Waals surface area contributed by atoms with Crippen LogP contribution in [0.5, 0.6) is 0 Å². The summed E-state index contributed by atoms with van der Waals surface area (Å²) in [7, 11) is 0. The molecule has 0 saturated carbocycles. The number of carboxylic acids is 1. The van der Waals surface area contributed by atoms with Gasteiger partial charge in [-0.3, -0.25) is 0 Å². The Morgan fingerprint density at radius 1 is 1.58 bits per heavy atom. The van der Waals surface area contributed by atoms with Gasteiger partial charge in [0, 0.05) is 18.3 Å². The molecule has 0 aliphatic carbocycles. The first kappa shape index (κ1) is 14.0. The lowest BCUT2D eigenvalue weighted by atomic mass is 10.0. The average molecular weight is 285 g/mol. The van der Waals surface area contributed by atoms with Crippen molar-refractivity contribution in [2.24, 2.45) is 0 Å². The first-order valence-corrected chi connectivity index (χ1v) is 6.55. The molecular weight excluding hydrogens is 268 g/mol. The van der Waals surface area contributed by atoms with Crippen LogP contribution in [0.2, 0.25) is 5.02 Å². The van der Waals surface area contributed by atoms with Gasteiger partial charge >= 0.3 is 5.97 Å². The van der Waals surface area contributed by atoms with Gasteiger partial charge in [-0.2, -0.15) is 0 Å². The van der Waals surface area contributed by atoms with Crippen molar-refractivity contribution in [1.29, 1.82) is 0 Å². The van der Waals surface area contributed by atoms with Gasteiger partial charge in [-0.15, -0.1) is 0 Å². The second-order valence-electron chi connectivity index (χ2n) is 4.78. The molecular formula is C13H17ClN2O3. The number of anilines is 2. The normalized spacial score (nSPS) is 23.1. The SMILES string of the molecule is CC1CC(Nc2c(Cl)cc(N)cc2C(=O)O)CCO1. The number of benzene rings is 1. The Morgan fingerprint density at radius 2 is 2.32 bits per heavy atom. The van der Waals surface area contributed by atoms with Crippen LogP contribution in [0.4, 0.5) is 11.4 Å². The van der Waals surface area contributed by atoms with Gasteiger partial charge in [0.25, 0.3) is 0 Å². The number of carboxylic acid groups (broad SMARTS) is 1. The molecule has 19 heavy (non-hydrogen) atoms. The van der Waals surface area contributed by atoms with E-state index in [1.54, 1.807) is 6.07 Å². The van der Waals surface area contributed by atoms with Gasteiger partial charge < -0.3 is 20.9 Å². The van der Waals surface area contributed by atoms with E-state index >= 15 is 0 Å². The average Bonchev–Trinajstić information content (AvgIpc) is 2.32. The molecule has 4 N–H and O–H groups in total. The zero-order valence-corrected chi connectivity index (χ0v) is 11.4. The third kappa shape index (κ3) is 3.30. The summed E-state index contributed by atoms with van der Waals surface area (Å²) in [6.45, 7) is 2.66. The highest BCUT2D eigenvalue weighted by Gasteiger charge is 2.22. The molecule has 2 unspecified atom stereocenters. The Morgan fingerprint density at radius 3 is 2.95 bits per heavy atom. The maximum Gasteiger partial charge on any atom is 0.337 e. The minimum Gasteiger partial charge on any atom is -0.478 e. The number of nitrogen functional groups attached to an aromatic ring is 1. The molecule has 104 valence electrons. The van der Waals surface area contributed by atoms with E-state index in [2.05, 4.69) is 5.32 Å². The minimum absolute atomic E-state index is 0.101. The highest BCUT2D eigenvalue weighted by molar-refractivity contribution is 6.34. The summed E-state index contributed by atoms with van der Waals surface area (Å²) in [4.78, 5) is 11.3. The van der Waals surface area contributed by atoms with Crippen molar-refractivity contribution in [3.63, 3.8) is 0 Å². The molecule has 0 spiro atoms. The predicted molar refractivity (Wildman–Crippen MR) is 74.9 cm³/mol. The van der Waals surface area contributed by atoms with Crippen LogP contribution < -0.4 is 11.1 Å². The van der Waals surface area contributed by atoms with Gasteiger partial charge in [-0.25, -0.2) is 4.79 Å². The van der Waals surface area contributed by atoms with Crippen LogP contribution >= 0.6 is 11.6 Å². The third-order valence-electron chi connectivity index (χ3n) is 3.18. The van der Waals surface area contributed by atoms with Crippen LogP contribution in [-0.4, -0.2) is 29.8 Å². The molecule has 1 heterocycles. The number of hydrogen-bond acceptors (Lipinski definition) is 4. The summed E-state index contributed by atoms with van der Waals surface area (Å²) in [5, 5.41) is 12.8. The van der Waals surface area contributed by atoms with Gasteiger partial charge in [0.2, 0.25) is 0 Å². The molecule has 5 nitrogen and oxygen atoms in total. The number of hydrogen-bond donors (Lipinski definition) is 3. The molecule has 1 aliphatic heterocycles. The standard InChI is InChI=1S/C13H17ClN2O3/c1-7-4-9(2-3-19-7)16-12-10(13(17)18)5-8(15)6-11(12)14/h5-7,9,16H,2-4,15H2,1H3,(H,17,18). The lowest BCUT2D eigenvalue weighted by Gasteiger charge is -2.29. The van der Waals surface area contributed by atoms with E-state index in [4.69, 9.17) is 22.1 Å². The Hall–Kier alpha value is -1.46. The Labute approximate surface area is 116 Å². The molecule has 1 aromatic rings. The van der Waals surface area contributed by atoms with Crippen molar-refractivity contribution < 1.29 is 14.6 Å². The van der Waals surface area contributed by atoms with E-state index in [0.717, 1.165) is 12.8 Å². The fourth-order valence-electron chi connectivity index (χ4n) is 2.28. The number of nitrogens with two attached hydrogens (primary N) is 1. The fraction of sp³-hybridized carbons (Fsp3) is 0.462. The van der Waals surface area contributed by atoms with Gasteiger partial charge in [0.05, 0.1) is 22.4 Å². The summed E-state index contributed by atoms with van der Waals surface area (Å²) in [5.74, 6) is -1.04. The van der Waals surface area contributed by atoms with E-state index < -0.39 is 5.97 Å². The van der Waals surface area contributed by atoms with Gasteiger partial charge in [-0.05, 0) is 31.9 Å². The zero-order valence-electron chi connectivity index (χ0n) is 10.6. The van der Waals surface area contributed by atoms with Crippen LogP contribution in [0, 0.1) is 0 Å². The molecule has 0 bridgehead atoms. The quantitative estimate of drug-likeness (QED) is 0.743. The maximum atomic E-state index is 11.3. The number of carbonyl (C=O) groups is 1. The van der Waals surface area contributed by atoms with Crippen molar-refractivity contribution in [1.82, 2.24) is 0 Å². The number of nitrogens with one attached hydrogen (secondary N) is 1. The first-order valence-electron chi connectivity index (χ1n) is 6.18. The molecule has 2 atom stereocenters. The number of aromatic carboxylic acids is 1. The van der Waals surface area contributed by atoms with E-state index in [0.29, 0.717) is 23.0 Å². The summed E-state index contributed by atoms with van der Waals surface area (Å²) in [5.41, 5.74) is 6.50. The summed E-state index contributed by atoms with van der Waals surface area (Å²) < 4.78 is 5.46. The second kappa shape index (κ2) is 5.67. The highest BCUT2D eigenvalue weighted by atomic mass is 35.5. The summed E-state index contributed by atoms with van der Waals surface area (Å²) >= 11 is 6.10. The highest BCUT2D eigenvalue weighted by Crippen LogP contribution is 2.31. The van der Waals surface area contributed by atoms with Gasteiger partial charge in [-0.1, -0.05) is 11.6 Å². The lowest BCUT2D eigenvalue weighted by Crippen LogP contribution is -2.33. The molecule has 1 aromatic carbocycles. The monoisotopic (exact) mass is 284 g/mol. The Balaban J connectivity index is 2.26. The summed E-state index contributed by atoms with van der Waals surface area (Å²) in [6.07, 6.45) is 1.80. The summed E-state index contributed by atoms with van der Waals surface area (Å²) in [6, 6.07) is 3.13. The van der Waals surface area contributed by atoms with Gasteiger partial charge in [0.1, 0.15) is 0 Å². The number of rotatable bonds is 3. The van der Waals surface area contributed by atoms with E-state index in [1.807, 2.05) is 6.92 Å². The molecule has 0 aromatic heterocycles. The second-order valence-corrected chi connectivity index (χ2v) is 5.18. The Bertz CT molecular complexity index is 493. The van der Waals surface area contributed by atoms with Crippen molar-refractivity contribution in [2.45, 2.75) is 31.9 Å². The smallest absolute Gasteiger partial charge is 0.337 e. The van der Waals surface area contributed by atoms with Crippen LogP contribution in [0.15, 0.2) is 12.1 Å². The van der Waals surface area contributed by atoms with Crippen molar-refractivity contribution in [3.05, 3.63) is 22.7 Å². The molecule has 6 heteroatoms. The van der Waals surface area contributed by atoms with Crippen LogP contribution in [0.1, 0.15) is 30.1 Å². The van der Waals surface area contributed by atoms with Crippen LogP contribution in [0.25, 0.3) is 0 Å². The molecule has 1 aliphatic rings. The van der Waals surface area contributed by atoms with Crippen LogP contribution in [-0.2, 0) is 4.74 Å². The molecule has 2 rings (SSSR count). The largest absolute Gasteiger partial charge is 0.478 e. The van der Waals surface area contributed by atoms with E-state index in [-0.39, 0.29) is 17.7 Å². The number of ether oxygens (including phenoxy) is 1. The van der Waals surface area contributed by atoms with Crippen molar-refractivity contribution in [2.75, 3.05) is 17.7 Å². The Kier molecular flexibility index (Phi) is 4.17. The van der Waals surface area contributed by atoms with Gasteiger partial charge in [0.15, 0.2) is 0 Å². The molecule has 1 saturated heterocycles. The third-order valence-corrected chi connectivity index (χ3v) is 3.47. The zero-order chi connectivity index (χ0) is 14.0. The predicted octanol–water partition coefficient (Wildman–Crippen LogP) is 2.60. The maximum absolute atomic E-state index is 11.3. The van der Waals surface area contributed by atoms with Crippen LogP contribution in [0.3, 0.4) is 0 Å². The molecule has 1 fully saturated rings. The molecule has 0 radical (unpaired) electrons. The first-order chi connectivity index (χ1) is 8.97. The molecule has 0 amide bonds. The van der Waals surface area contributed by atoms with Crippen molar-refractivity contribution >= 4 is 28.9 Å². The fourth-order valence-corrected chi connectivity index (χ4v) is 2.56. The minimum atomic E-state index is -1.04. The topological polar surface area (TPSA) is 84.6 Å². The lowest BCUT2D eigenvalue weighted by molar-refractivity contribution is 0.0232. The van der Waals surface area contributed by atoms with E-state index in [1.165, 1.54) is 6.07 Å². The van der Waals surface area contributed by atoms with Crippen molar-refractivity contribution in [3.8, 4) is 0 Å².